The first-order valence-electron chi connectivity index (χ1n) is 7.66. The van der Waals surface area contributed by atoms with Crippen LogP contribution in [0.1, 0.15) is 25.8 Å². The van der Waals surface area contributed by atoms with Crippen LogP contribution in [0.5, 0.6) is 5.75 Å². The van der Waals surface area contributed by atoms with Crippen molar-refractivity contribution < 1.29 is 14.6 Å². The molecule has 0 aliphatic heterocycles. The van der Waals surface area contributed by atoms with Gasteiger partial charge in [0.25, 0.3) is 0 Å². The summed E-state index contributed by atoms with van der Waals surface area (Å²) in [5.41, 5.74) is 1.16. The molecule has 4 nitrogen and oxygen atoms in total. The van der Waals surface area contributed by atoms with Crippen LogP contribution in [0.2, 0.25) is 0 Å². The van der Waals surface area contributed by atoms with Crippen molar-refractivity contribution in [3.63, 3.8) is 0 Å². The van der Waals surface area contributed by atoms with E-state index >= 15 is 0 Å². The lowest BCUT2D eigenvalue weighted by Gasteiger charge is -2.30. The molecular formula is C18H27NO3. The van der Waals surface area contributed by atoms with E-state index in [9.17, 15) is 5.11 Å². The zero-order chi connectivity index (χ0) is 16.4. The van der Waals surface area contributed by atoms with E-state index < -0.39 is 6.10 Å². The van der Waals surface area contributed by atoms with E-state index in [1.807, 2.05) is 18.2 Å². The van der Waals surface area contributed by atoms with E-state index in [-0.39, 0.29) is 13.2 Å². The van der Waals surface area contributed by atoms with Crippen molar-refractivity contribution in [2.24, 2.45) is 0 Å². The fraction of sp³-hybridized carbons (Fsp3) is 0.556. The minimum absolute atomic E-state index is 0.232. The summed E-state index contributed by atoms with van der Waals surface area (Å²) in [6.45, 7) is 6.11. The number of hydrogen-bond donors (Lipinski definition) is 1. The predicted molar refractivity (Wildman–Crippen MR) is 88.8 cm³/mol. The molecule has 0 heterocycles. The van der Waals surface area contributed by atoms with Crippen LogP contribution >= 0.6 is 0 Å². The van der Waals surface area contributed by atoms with Gasteiger partial charge in [-0.2, -0.15) is 0 Å². The monoisotopic (exact) mass is 305 g/mol. The number of hydrogen-bond acceptors (Lipinski definition) is 4. The highest BCUT2D eigenvalue weighted by Crippen LogP contribution is 2.16. The first kappa shape index (κ1) is 18.5. The molecule has 0 aromatic heterocycles. The molecular weight excluding hydrogens is 278 g/mol. The van der Waals surface area contributed by atoms with E-state index in [2.05, 4.69) is 30.7 Å². The van der Waals surface area contributed by atoms with Gasteiger partial charge in [-0.05, 0) is 31.0 Å². The second-order valence-electron chi connectivity index (χ2n) is 5.41. The quantitative estimate of drug-likeness (QED) is 0.532. The molecule has 0 saturated carbocycles. The average Bonchev–Trinajstić information content (AvgIpc) is 2.54. The maximum Gasteiger partial charge on any atom is 0.119 e. The third-order valence-corrected chi connectivity index (χ3v) is 3.67. The number of aliphatic hydroxyl groups is 1. The van der Waals surface area contributed by atoms with Crippen molar-refractivity contribution in [2.75, 3.05) is 26.9 Å². The standard InChI is InChI=1S/C18H27NO3/c1-5-10-22-14-17(20)13-19(15(3)6-2)12-16-8-7-9-18(11-16)21-4/h1,7-9,11,15,17,20H,6,10,12-14H2,2-4H3/t15-,17+/m0/s1. The van der Waals surface area contributed by atoms with Gasteiger partial charge >= 0.3 is 0 Å². The van der Waals surface area contributed by atoms with Gasteiger partial charge in [0.1, 0.15) is 12.4 Å². The number of nitrogens with zero attached hydrogens (tertiary/aromatic N) is 1. The molecule has 1 aromatic rings. The van der Waals surface area contributed by atoms with Gasteiger partial charge in [-0.25, -0.2) is 0 Å². The molecule has 22 heavy (non-hydrogen) atoms. The van der Waals surface area contributed by atoms with Crippen molar-refractivity contribution in [1.29, 1.82) is 0 Å². The topological polar surface area (TPSA) is 41.9 Å². The van der Waals surface area contributed by atoms with Crippen molar-refractivity contribution in [1.82, 2.24) is 4.90 Å². The third-order valence-electron chi connectivity index (χ3n) is 3.67. The fourth-order valence-electron chi connectivity index (χ4n) is 2.24. The largest absolute Gasteiger partial charge is 0.497 e. The minimum atomic E-state index is -0.548. The van der Waals surface area contributed by atoms with Gasteiger partial charge in [-0.1, -0.05) is 25.0 Å². The molecule has 1 aromatic carbocycles. The van der Waals surface area contributed by atoms with Crippen LogP contribution in [0.25, 0.3) is 0 Å². The normalized spacial score (nSPS) is 13.6. The van der Waals surface area contributed by atoms with Crippen molar-refractivity contribution in [3.8, 4) is 18.1 Å². The number of benzene rings is 1. The maximum atomic E-state index is 10.1. The Morgan fingerprint density at radius 2 is 2.18 bits per heavy atom. The summed E-state index contributed by atoms with van der Waals surface area (Å²) in [5.74, 6) is 3.25. The van der Waals surface area contributed by atoms with Gasteiger partial charge in [-0.3, -0.25) is 4.90 Å². The second-order valence-corrected chi connectivity index (χ2v) is 5.41. The fourth-order valence-corrected chi connectivity index (χ4v) is 2.24. The van der Waals surface area contributed by atoms with Gasteiger partial charge in [0, 0.05) is 19.1 Å². The molecule has 0 unspecified atom stereocenters. The Kier molecular flexibility index (Phi) is 8.61. The molecule has 122 valence electrons. The summed E-state index contributed by atoms with van der Waals surface area (Å²) in [5, 5.41) is 10.1. The molecule has 0 fully saturated rings. The molecule has 1 rings (SSSR count). The summed E-state index contributed by atoms with van der Waals surface area (Å²) in [4.78, 5) is 2.25. The first-order valence-corrected chi connectivity index (χ1v) is 7.66. The number of terminal acetylenes is 1. The summed E-state index contributed by atoms with van der Waals surface area (Å²) in [6.07, 6.45) is 5.60. The van der Waals surface area contributed by atoms with Gasteiger partial charge in [0.2, 0.25) is 0 Å². The summed E-state index contributed by atoms with van der Waals surface area (Å²) in [7, 11) is 1.66. The molecule has 2 atom stereocenters. The van der Waals surface area contributed by atoms with Crippen molar-refractivity contribution in [3.05, 3.63) is 29.8 Å². The molecule has 4 heteroatoms. The Morgan fingerprint density at radius 3 is 2.82 bits per heavy atom. The van der Waals surface area contributed by atoms with E-state index in [1.54, 1.807) is 7.11 Å². The predicted octanol–water partition coefficient (Wildman–Crippen LogP) is 2.31. The lowest BCUT2D eigenvalue weighted by Crippen LogP contribution is -2.39. The smallest absolute Gasteiger partial charge is 0.119 e. The Bertz CT molecular complexity index is 470. The summed E-state index contributed by atoms with van der Waals surface area (Å²) < 4.78 is 10.5. The van der Waals surface area contributed by atoms with Crippen LogP contribution in [0.15, 0.2) is 24.3 Å². The van der Waals surface area contributed by atoms with Gasteiger partial charge in [-0.15, -0.1) is 6.42 Å². The highest BCUT2D eigenvalue weighted by Gasteiger charge is 2.17. The Balaban J connectivity index is 2.65. The van der Waals surface area contributed by atoms with Gasteiger partial charge in [0.15, 0.2) is 0 Å². The lowest BCUT2D eigenvalue weighted by atomic mass is 10.1. The summed E-state index contributed by atoms with van der Waals surface area (Å²) >= 11 is 0. The number of rotatable bonds is 10. The lowest BCUT2D eigenvalue weighted by molar-refractivity contribution is 0.0170. The zero-order valence-electron chi connectivity index (χ0n) is 13.8. The Morgan fingerprint density at radius 1 is 1.41 bits per heavy atom. The van der Waals surface area contributed by atoms with E-state index in [0.29, 0.717) is 12.6 Å². The second kappa shape index (κ2) is 10.2. The highest BCUT2D eigenvalue weighted by molar-refractivity contribution is 5.28. The van der Waals surface area contributed by atoms with E-state index in [4.69, 9.17) is 15.9 Å². The molecule has 0 spiro atoms. The molecule has 0 saturated heterocycles. The molecule has 0 aliphatic rings. The number of ether oxygens (including phenoxy) is 2. The van der Waals surface area contributed by atoms with Crippen LogP contribution < -0.4 is 4.74 Å². The van der Waals surface area contributed by atoms with Crippen molar-refractivity contribution in [2.45, 2.75) is 39.0 Å². The molecule has 0 aliphatic carbocycles. The van der Waals surface area contributed by atoms with Crippen LogP contribution in [0, 0.1) is 12.3 Å². The number of aliphatic hydroxyl groups excluding tert-OH is 1. The van der Waals surface area contributed by atoms with Crippen LogP contribution in [0.4, 0.5) is 0 Å². The molecule has 0 amide bonds. The Hall–Kier alpha value is -1.54. The van der Waals surface area contributed by atoms with Crippen molar-refractivity contribution >= 4 is 0 Å². The Labute approximate surface area is 134 Å². The SMILES string of the molecule is C#CCOC[C@H](O)CN(Cc1cccc(OC)c1)[C@@H](C)CC. The van der Waals surface area contributed by atoms with Crippen LogP contribution in [-0.4, -0.2) is 49.0 Å². The zero-order valence-corrected chi connectivity index (χ0v) is 13.8. The van der Waals surface area contributed by atoms with E-state index in [0.717, 1.165) is 24.3 Å². The minimum Gasteiger partial charge on any atom is -0.497 e. The summed E-state index contributed by atoms with van der Waals surface area (Å²) in [6, 6.07) is 8.37. The molecule has 0 radical (unpaired) electrons. The van der Waals surface area contributed by atoms with Crippen LogP contribution in [-0.2, 0) is 11.3 Å². The average molecular weight is 305 g/mol. The number of methoxy groups -OCH3 is 1. The molecule has 1 N–H and O–H groups in total. The van der Waals surface area contributed by atoms with Crippen LogP contribution in [0.3, 0.4) is 0 Å². The highest BCUT2D eigenvalue weighted by atomic mass is 16.5. The van der Waals surface area contributed by atoms with E-state index in [1.165, 1.54) is 0 Å². The third kappa shape index (κ3) is 6.48. The van der Waals surface area contributed by atoms with Gasteiger partial charge < -0.3 is 14.6 Å². The maximum absolute atomic E-state index is 10.1. The molecule has 0 bridgehead atoms. The van der Waals surface area contributed by atoms with Gasteiger partial charge in [0.05, 0.1) is 19.8 Å². The first-order chi connectivity index (χ1) is 10.6.